The Morgan fingerprint density at radius 1 is 1.27 bits per heavy atom. The number of hydrogen-bond acceptors (Lipinski definition) is 4. The number of carbonyl (C=O) groups excluding carboxylic acids is 1. The van der Waals surface area contributed by atoms with Gasteiger partial charge in [0, 0.05) is 5.39 Å². The first-order chi connectivity index (χ1) is 10.6. The molecule has 3 rings (SSSR count). The van der Waals surface area contributed by atoms with Gasteiger partial charge < -0.3 is 9.73 Å². The highest BCUT2D eigenvalue weighted by Gasteiger charge is 2.20. The summed E-state index contributed by atoms with van der Waals surface area (Å²) < 4.78 is 5.60. The monoisotopic (exact) mass is 298 g/mol. The summed E-state index contributed by atoms with van der Waals surface area (Å²) in [5, 5.41) is 12.1. The van der Waals surface area contributed by atoms with Crippen molar-refractivity contribution in [2.24, 2.45) is 5.92 Å². The van der Waals surface area contributed by atoms with E-state index in [1.807, 2.05) is 38.1 Å². The lowest BCUT2D eigenvalue weighted by atomic mass is 10.0. The quantitative estimate of drug-likeness (QED) is 0.785. The highest BCUT2D eigenvalue weighted by molar-refractivity contribution is 5.96. The van der Waals surface area contributed by atoms with Crippen molar-refractivity contribution >= 4 is 16.9 Å². The summed E-state index contributed by atoms with van der Waals surface area (Å²) in [6.45, 7) is 4.62. The number of fused-ring (bicyclic) bond motifs is 1. The fourth-order valence-corrected chi connectivity index (χ4v) is 2.27. The molecule has 1 N–H and O–H groups in total. The average Bonchev–Trinajstić information content (AvgIpc) is 3.15. The van der Waals surface area contributed by atoms with Gasteiger partial charge in [0.25, 0.3) is 5.91 Å². The van der Waals surface area contributed by atoms with E-state index in [1.54, 1.807) is 23.3 Å². The van der Waals surface area contributed by atoms with Crippen molar-refractivity contribution in [2.75, 3.05) is 0 Å². The Morgan fingerprint density at radius 2 is 2.00 bits per heavy atom. The number of amides is 1. The fraction of sp³-hybridized carbons (Fsp3) is 0.312. The minimum atomic E-state index is -0.220. The van der Waals surface area contributed by atoms with E-state index in [1.165, 1.54) is 0 Å². The normalized spacial score (nSPS) is 12.7. The summed E-state index contributed by atoms with van der Waals surface area (Å²) in [5.74, 6) is 0.349. The Bertz CT molecular complexity index is 728. The largest absolute Gasteiger partial charge is 0.451 e. The van der Waals surface area contributed by atoms with Gasteiger partial charge in [0.15, 0.2) is 5.76 Å². The van der Waals surface area contributed by atoms with Gasteiger partial charge >= 0.3 is 0 Å². The zero-order chi connectivity index (χ0) is 15.5. The highest BCUT2D eigenvalue weighted by Crippen LogP contribution is 2.19. The molecular formula is C16H18N4O2. The second kappa shape index (κ2) is 6.01. The first-order valence-corrected chi connectivity index (χ1v) is 7.27. The van der Waals surface area contributed by atoms with Crippen molar-refractivity contribution in [1.82, 2.24) is 20.3 Å². The molecule has 114 valence electrons. The Balaban J connectivity index is 1.75. The Kier molecular flexibility index (Phi) is 3.91. The number of benzene rings is 1. The number of para-hydroxylation sites is 1. The van der Waals surface area contributed by atoms with Crippen LogP contribution in [0.4, 0.5) is 0 Å². The van der Waals surface area contributed by atoms with Crippen LogP contribution in [0.2, 0.25) is 0 Å². The van der Waals surface area contributed by atoms with Gasteiger partial charge in [-0.3, -0.25) is 4.79 Å². The van der Waals surface area contributed by atoms with Crippen LogP contribution in [0.1, 0.15) is 24.4 Å². The van der Waals surface area contributed by atoms with E-state index >= 15 is 0 Å². The van der Waals surface area contributed by atoms with E-state index in [0.29, 0.717) is 17.9 Å². The molecule has 1 aromatic carbocycles. The first-order valence-electron chi connectivity index (χ1n) is 7.27. The van der Waals surface area contributed by atoms with Crippen molar-refractivity contribution in [1.29, 1.82) is 0 Å². The third kappa shape index (κ3) is 3.00. The number of hydrogen-bond donors (Lipinski definition) is 1. The number of carbonyl (C=O) groups is 1. The first kappa shape index (κ1) is 14.3. The minimum Gasteiger partial charge on any atom is -0.451 e. The molecule has 0 spiro atoms. The van der Waals surface area contributed by atoms with E-state index in [2.05, 4.69) is 15.5 Å². The predicted molar refractivity (Wildman–Crippen MR) is 82.3 cm³/mol. The van der Waals surface area contributed by atoms with Crippen LogP contribution in [0, 0.1) is 5.92 Å². The molecule has 1 amide bonds. The minimum absolute atomic E-state index is 0.0758. The van der Waals surface area contributed by atoms with Crippen molar-refractivity contribution in [2.45, 2.75) is 26.4 Å². The number of aromatic nitrogens is 3. The molecule has 3 aromatic rings. The maximum absolute atomic E-state index is 12.4. The lowest BCUT2D eigenvalue weighted by Crippen LogP contribution is -2.41. The number of rotatable bonds is 5. The van der Waals surface area contributed by atoms with Crippen LogP contribution in [-0.4, -0.2) is 26.9 Å². The maximum atomic E-state index is 12.4. The van der Waals surface area contributed by atoms with E-state index in [4.69, 9.17) is 4.42 Å². The molecule has 0 fully saturated rings. The summed E-state index contributed by atoms with van der Waals surface area (Å²) in [6.07, 6.45) is 3.25. The molecule has 0 saturated heterocycles. The van der Waals surface area contributed by atoms with Gasteiger partial charge in [-0.25, -0.2) is 0 Å². The molecular weight excluding hydrogens is 280 g/mol. The van der Waals surface area contributed by atoms with Gasteiger partial charge in [-0.1, -0.05) is 32.0 Å². The second-order valence-corrected chi connectivity index (χ2v) is 5.56. The van der Waals surface area contributed by atoms with E-state index in [9.17, 15) is 4.79 Å². The third-order valence-electron chi connectivity index (χ3n) is 3.60. The van der Waals surface area contributed by atoms with Crippen LogP contribution in [0.25, 0.3) is 11.0 Å². The molecule has 0 saturated carbocycles. The molecule has 2 heterocycles. The maximum Gasteiger partial charge on any atom is 0.287 e. The summed E-state index contributed by atoms with van der Waals surface area (Å²) in [5.41, 5.74) is 0.711. The number of nitrogens with one attached hydrogen (secondary N) is 1. The highest BCUT2D eigenvalue weighted by atomic mass is 16.3. The summed E-state index contributed by atoms with van der Waals surface area (Å²) >= 11 is 0. The van der Waals surface area contributed by atoms with Crippen LogP contribution in [0.3, 0.4) is 0 Å². The van der Waals surface area contributed by atoms with Crippen LogP contribution in [0.5, 0.6) is 0 Å². The Labute approximate surface area is 128 Å². The van der Waals surface area contributed by atoms with Crippen LogP contribution >= 0.6 is 0 Å². The predicted octanol–water partition coefficient (Wildman–Crippen LogP) is 2.48. The standard InChI is InChI=1S/C16H18N4O2/c1-11(2)13(10-20-17-7-8-18-20)19-16(21)15-9-12-5-3-4-6-14(12)22-15/h3-9,11,13H,10H2,1-2H3,(H,19,21)/t13-/m0/s1. The van der Waals surface area contributed by atoms with Gasteiger partial charge in [-0.15, -0.1) is 0 Å². The smallest absolute Gasteiger partial charge is 0.287 e. The van der Waals surface area contributed by atoms with Gasteiger partial charge in [0.2, 0.25) is 0 Å². The van der Waals surface area contributed by atoms with Gasteiger partial charge in [0.05, 0.1) is 25.0 Å². The Hall–Kier alpha value is -2.63. The molecule has 0 aliphatic carbocycles. The number of furan rings is 1. The van der Waals surface area contributed by atoms with Gasteiger partial charge in [-0.05, 0) is 18.1 Å². The molecule has 2 aromatic heterocycles. The molecule has 1 atom stereocenters. The van der Waals surface area contributed by atoms with Crippen LogP contribution in [0.15, 0.2) is 47.1 Å². The summed E-state index contributed by atoms with van der Waals surface area (Å²) in [4.78, 5) is 14.0. The lowest BCUT2D eigenvalue weighted by molar-refractivity contribution is 0.0892. The third-order valence-corrected chi connectivity index (χ3v) is 3.60. The van der Waals surface area contributed by atoms with Gasteiger partial charge in [0.1, 0.15) is 5.58 Å². The molecule has 6 nitrogen and oxygen atoms in total. The fourth-order valence-electron chi connectivity index (χ4n) is 2.27. The molecule has 0 aliphatic heterocycles. The molecule has 22 heavy (non-hydrogen) atoms. The molecule has 0 radical (unpaired) electrons. The van der Waals surface area contributed by atoms with Crippen molar-refractivity contribution in [3.8, 4) is 0 Å². The average molecular weight is 298 g/mol. The van der Waals surface area contributed by atoms with Crippen LogP contribution in [-0.2, 0) is 6.54 Å². The number of nitrogens with zero attached hydrogens (tertiary/aromatic N) is 3. The van der Waals surface area contributed by atoms with Crippen molar-refractivity contribution in [3.63, 3.8) is 0 Å². The van der Waals surface area contributed by atoms with Crippen LogP contribution < -0.4 is 5.32 Å². The summed E-state index contributed by atoms with van der Waals surface area (Å²) in [7, 11) is 0. The van der Waals surface area contributed by atoms with E-state index < -0.39 is 0 Å². The van der Waals surface area contributed by atoms with Crippen molar-refractivity contribution in [3.05, 3.63) is 48.5 Å². The second-order valence-electron chi connectivity index (χ2n) is 5.56. The summed E-state index contributed by atoms with van der Waals surface area (Å²) in [6, 6.07) is 9.25. The van der Waals surface area contributed by atoms with Gasteiger partial charge in [-0.2, -0.15) is 15.0 Å². The molecule has 0 bridgehead atoms. The molecule has 0 unspecified atom stereocenters. The SMILES string of the molecule is CC(C)[C@H](Cn1nccn1)NC(=O)c1cc2ccccc2o1. The molecule has 6 heteroatoms. The lowest BCUT2D eigenvalue weighted by Gasteiger charge is -2.21. The molecule has 0 aliphatic rings. The Morgan fingerprint density at radius 3 is 2.68 bits per heavy atom. The van der Waals surface area contributed by atoms with E-state index in [-0.39, 0.29) is 17.9 Å². The zero-order valence-corrected chi connectivity index (χ0v) is 12.6. The topological polar surface area (TPSA) is 73.0 Å². The van der Waals surface area contributed by atoms with E-state index in [0.717, 1.165) is 5.39 Å². The van der Waals surface area contributed by atoms with Crippen molar-refractivity contribution < 1.29 is 9.21 Å². The zero-order valence-electron chi connectivity index (χ0n) is 12.6.